The van der Waals surface area contributed by atoms with Gasteiger partial charge in [-0.1, -0.05) is 6.58 Å². The molecule has 0 aliphatic rings. The Kier molecular flexibility index (Phi) is 4.20. The highest BCUT2D eigenvalue weighted by Crippen LogP contribution is 1.94. The van der Waals surface area contributed by atoms with Crippen LogP contribution in [-0.4, -0.2) is 18.4 Å². The van der Waals surface area contributed by atoms with Gasteiger partial charge in [0.25, 0.3) is 0 Å². The van der Waals surface area contributed by atoms with Crippen LogP contribution in [0.3, 0.4) is 0 Å². The first-order valence-electron chi connectivity index (χ1n) is 2.97. The normalized spacial score (nSPS) is 11.7. The summed E-state index contributed by atoms with van der Waals surface area (Å²) in [4.78, 5) is 20.3. The number of ether oxygens (including phenoxy) is 1. The number of hydrogen-bond donors (Lipinski definition) is 0. The maximum atomic E-state index is 10.4. The molecular weight excluding hydrogens is 132 g/mol. The van der Waals surface area contributed by atoms with Crippen LogP contribution in [0.25, 0.3) is 0 Å². The molecule has 0 aromatic carbocycles. The van der Waals surface area contributed by atoms with Gasteiger partial charge in [0.1, 0.15) is 12.4 Å². The molecule has 0 rings (SSSR count). The van der Waals surface area contributed by atoms with Crippen molar-refractivity contribution in [2.24, 2.45) is 0 Å². The summed E-state index contributed by atoms with van der Waals surface area (Å²) in [5.41, 5.74) is 0. The Hall–Kier alpha value is -1.12. The molecule has 0 spiro atoms. The molecule has 0 saturated heterocycles. The van der Waals surface area contributed by atoms with Crippen LogP contribution in [0.15, 0.2) is 12.7 Å². The average Bonchev–Trinajstić information content (AvgIpc) is 1.88. The Morgan fingerprint density at radius 3 is 2.80 bits per heavy atom. The maximum absolute atomic E-state index is 10.4. The van der Waals surface area contributed by atoms with Crippen molar-refractivity contribution in [2.45, 2.75) is 19.4 Å². The number of carbonyl (C=O) groups is 2. The van der Waals surface area contributed by atoms with Gasteiger partial charge in [-0.25, -0.2) is 4.79 Å². The van der Waals surface area contributed by atoms with Crippen molar-refractivity contribution >= 4 is 12.3 Å². The molecule has 0 heterocycles. The van der Waals surface area contributed by atoms with Crippen LogP contribution in [0.5, 0.6) is 0 Å². The Balaban J connectivity index is 3.55. The number of esters is 1. The lowest BCUT2D eigenvalue weighted by Gasteiger charge is -2.06. The van der Waals surface area contributed by atoms with E-state index in [4.69, 9.17) is 0 Å². The van der Waals surface area contributed by atoms with Gasteiger partial charge in [0.2, 0.25) is 0 Å². The molecule has 0 N–H and O–H groups in total. The van der Waals surface area contributed by atoms with Gasteiger partial charge in [-0.3, -0.25) is 0 Å². The van der Waals surface area contributed by atoms with E-state index in [9.17, 15) is 9.59 Å². The predicted octanol–water partition coefficient (Wildman–Crippen LogP) is 0.693. The molecule has 3 nitrogen and oxygen atoms in total. The fourth-order valence-electron chi connectivity index (χ4n) is 0.430. The van der Waals surface area contributed by atoms with E-state index in [0.717, 1.165) is 6.08 Å². The molecule has 0 bridgehead atoms. The highest BCUT2D eigenvalue weighted by molar-refractivity contribution is 5.81. The highest BCUT2D eigenvalue weighted by Gasteiger charge is 2.03. The third-order valence-electron chi connectivity index (χ3n) is 0.912. The van der Waals surface area contributed by atoms with Crippen LogP contribution >= 0.6 is 0 Å². The fraction of sp³-hybridized carbons (Fsp3) is 0.429. The summed E-state index contributed by atoms with van der Waals surface area (Å²) >= 11 is 0. The minimum Gasteiger partial charge on any atom is -0.459 e. The predicted molar refractivity (Wildman–Crippen MR) is 36.4 cm³/mol. The lowest BCUT2D eigenvalue weighted by molar-refractivity contribution is -0.142. The van der Waals surface area contributed by atoms with E-state index in [1.54, 1.807) is 6.92 Å². The van der Waals surface area contributed by atoms with Crippen LogP contribution in [0, 0.1) is 0 Å². The summed E-state index contributed by atoms with van der Waals surface area (Å²) in [5, 5.41) is 0. The molecule has 10 heavy (non-hydrogen) atoms. The van der Waals surface area contributed by atoms with Crippen LogP contribution in [0.2, 0.25) is 0 Å². The molecule has 0 fully saturated rings. The minimum absolute atomic E-state index is 0.236. The molecule has 0 aliphatic carbocycles. The molecule has 0 saturated carbocycles. The van der Waals surface area contributed by atoms with E-state index in [1.165, 1.54) is 0 Å². The zero-order valence-electron chi connectivity index (χ0n) is 5.87. The van der Waals surface area contributed by atoms with Crippen molar-refractivity contribution < 1.29 is 14.3 Å². The standard InChI is InChI=1S/C7H10O3/c1-3-7(9)10-6(2)4-5-8/h3,5-6H,1,4H2,2H3. The molecule has 0 aromatic heterocycles. The van der Waals surface area contributed by atoms with Gasteiger partial charge in [0, 0.05) is 12.5 Å². The zero-order valence-corrected chi connectivity index (χ0v) is 5.87. The van der Waals surface area contributed by atoms with Crippen LogP contribution < -0.4 is 0 Å². The first-order valence-corrected chi connectivity index (χ1v) is 2.97. The minimum atomic E-state index is -0.491. The first kappa shape index (κ1) is 8.88. The molecule has 3 heteroatoms. The second-order valence-electron chi connectivity index (χ2n) is 1.85. The summed E-state index contributed by atoms with van der Waals surface area (Å²) in [5.74, 6) is -0.491. The zero-order chi connectivity index (χ0) is 7.98. The van der Waals surface area contributed by atoms with E-state index in [2.05, 4.69) is 11.3 Å². The van der Waals surface area contributed by atoms with Crippen molar-refractivity contribution in [3.8, 4) is 0 Å². The van der Waals surface area contributed by atoms with Crippen LogP contribution in [0.4, 0.5) is 0 Å². The van der Waals surface area contributed by atoms with Gasteiger partial charge in [-0.05, 0) is 6.92 Å². The Morgan fingerprint density at radius 1 is 1.80 bits per heavy atom. The van der Waals surface area contributed by atoms with Gasteiger partial charge in [0.05, 0.1) is 0 Å². The fourth-order valence-corrected chi connectivity index (χ4v) is 0.430. The monoisotopic (exact) mass is 142 g/mol. The topological polar surface area (TPSA) is 43.4 Å². The summed E-state index contributed by atoms with van der Waals surface area (Å²) in [6, 6.07) is 0. The Labute approximate surface area is 59.7 Å². The largest absolute Gasteiger partial charge is 0.459 e. The second kappa shape index (κ2) is 4.73. The summed E-state index contributed by atoms with van der Waals surface area (Å²) < 4.78 is 4.65. The molecule has 56 valence electrons. The van der Waals surface area contributed by atoms with Gasteiger partial charge in [0.15, 0.2) is 0 Å². The van der Waals surface area contributed by atoms with E-state index >= 15 is 0 Å². The molecule has 0 amide bonds. The molecule has 0 aromatic rings. The first-order chi connectivity index (χ1) is 4.70. The van der Waals surface area contributed by atoms with Crippen LogP contribution in [0.1, 0.15) is 13.3 Å². The summed E-state index contributed by atoms with van der Waals surface area (Å²) in [7, 11) is 0. The third kappa shape index (κ3) is 3.83. The number of carbonyl (C=O) groups excluding carboxylic acids is 2. The van der Waals surface area contributed by atoms with Crippen LogP contribution in [-0.2, 0) is 14.3 Å². The van der Waals surface area contributed by atoms with E-state index in [-0.39, 0.29) is 12.5 Å². The van der Waals surface area contributed by atoms with Gasteiger partial charge >= 0.3 is 5.97 Å². The van der Waals surface area contributed by atoms with Gasteiger partial charge in [-0.15, -0.1) is 0 Å². The smallest absolute Gasteiger partial charge is 0.330 e. The Morgan fingerprint density at radius 2 is 2.40 bits per heavy atom. The number of aldehydes is 1. The summed E-state index contributed by atoms with van der Waals surface area (Å²) in [6.07, 6.45) is 1.67. The van der Waals surface area contributed by atoms with Gasteiger partial charge in [-0.2, -0.15) is 0 Å². The van der Waals surface area contributed by atoms with Crippen molar-refractivity contribution in [2.75, 3.05) is 0 Å². The number of hydrogen-bond acceptors (Lipinski definition) is 3. The van der Waals surface area contributed by atoms with Crippen molar-refractivity contribution in [3.63, 3.8) is 0 Å². The number of rotatable bonds is 4. The van der Waals surface area contributed by atoms with E-state index in [1.807, 2.05) is 0 Å². The summed E-state index contributed by atoms with van der Waals surface area (Å²) in [6.45, 7) is 4.86. The maximum Gasteiger partial charge on any atom is 0.330 e. The quantitative estimate of drug-likeness (QED) is 0.329. The molecule has 0 aliphatic heterocycles. The van der Waals surface area contributed by atoms with Crippen molar-refractivity contribution in [1.29, 1.82) is 0 Å². The molecular formula is C7H10O3. The van der Waals surface area contributed by atoms with E-state index < -0.39 is 5.97 Å². The van der Waals surface area contributed by atoms with Crippen molar-refractivity contribution in [1.82, 2.24) is 0 Å². The molecule has 0 radical (unpaired) electrons. The lowest BCUT2D eigenvalue weighted by Crippen LogP contribution is -2.12. The molecule has 1 unspecified atom stereocenters. The average molecular weight is 142 g/mol. The lowest BCUT2D eigenvalue weighted by atomic mass is 10.3. The molecule has 1 atom stereocenters. The van der Waals surface area contributed by atoms with Gasteiger partial charge < -0.3 is 9.53 Å². The third-order valence-corrected chi connectivity index (χ3v) is 0.912. The highest BCUT2D eigenvalue weighted by atomic mass is 16.5. The van der Waals surface area contributed by atoms with Crippen molar-refractivity contribution in [3.05, 3.63) is 12.7 Å². The SMILES string of the molecule is C=CC(=O)OC(C)CC=O. The van der Waals surface area contributed by atoms with E-state index in [0.29, 0.717) is 6.29 Å². The Bertz CT molecular complexity index is 140. The second-order valence-corrected chi connectivity index (χ2v) is 1.85.